The summed E-state index contributed by atoms with van der Waals surface area (Å²) in [5, 5.41) is 19.6. The quantitative estimate of drug-likeness (QED) is 0.546. The largest absolute Gasteiger partial charge is 0.323 e. The topological polar surface area (TPSA) is 105 Å². The van der Waals surface area contributed by atoms with Crippen molar-refractivity contribution in [1.29, 1.82) is 0 Å². The molecule has 0 bridgehead atoms. The first-order valence-electron chi connectivity index (χ1n) is 8.96. The van der Waals surface area contributed by atoms with Crippen LogP contribution in [0.15, 0.2) is 22.5 Å². The molecule has 8 nitrogen and oxygen atoms in total. The Kier molecular flexibility index (Phi) is 5.42. The van der Waals surface area contributed by atoms with Crippen molar-refractivity contribution < 1.29 is 4.79 Å². The molecular formula is C18H21N7OS2. The molecule has 0 saturated carbocycles. The van der Waals surface area contributed by atoms with Gasteiger partial charge in [-0.05, 0) is 32.9 Å². The summed E-state index contributed by atoms with van der Waals surface area (Å²) in [6, 6.07) is 6.12. The second kappa shape index (κ2) is 7.98. The van der Waals surface area contributed by atoms with E-state index in [-0.39, 0.29) is 11.9 Å². The summed E-state index contributed by atoms with van der Waals surface area (Å²) in [4.78, 5) is 21.3. The lowest BCUT2D eigenvalue weighted by Crippen LogP contribution is -2.60. The van der Waals surface area contributed by atoms with Crippen LogP contribution in [0.2, 0.25) is 0 Å². The Morgan fingerprint density at radius 2 is 2.11 bits per heavy atom. The van der Waals surface area contributed by atoms with Crippen molar-refractivity contribution in [2.75, 3.05) is 11.1 Å². The molecule has 3 N–H and O–H groups in total. The molecule has 4 rings (SSSR count). The minimum absolute atomic E-state index is 0.0107. The fraction of sp³-hybridized carbons (Fsp3) is 0.389. The van der Waals surface area contributed by atoms with Crippen LogP contribution in [-0.4, -0.2) is 44.2 Å². The maximum atomic E-state index is 12.1. The minimum Gasteiger partial charge on any atom is -0.323 e. The summed E-state index contributed by atoms with van der Waals surface area (Å²) < 4.78 is 0.915. The lowest BCUT2D eigenvalue weighted by Gasteiger charge is -2.31. The van der Waals surface area contributed by atoms with E-state index >= 15 is 0 Å². The maximum absolute atomic E-state index is 12.1. The molecule has 0 radical (unpaired) electrons. The van der Waals surface area contributed by atoms with Crippen LogP contribution in [-0.2, 0) is 4.79 Å². The summed E-state index contributed by atoms with van der Waals surface area (Å²) in [5.74, 6) is 1.21. The van der Waals surface area contributed by atoms with E-state index in [1.54, 1.807) is 23.1 Å². The first kappa shape index (κ1) is 19.0. The van der Waals surface area contributed by atoms with Gasteiger partial charge in [-0.2, -0.15) is 0 Å². The van der Waals surface area contributed by atoms with Crippen molar-refractivity contribution in [3.63, 3.8) is 0 Å². The van der Waals surface area contributed by atoms with Crippen LogP contribution >= 0.6 is 23.1 Å². The highest BCUT2D eigenvalue weighted by Crippen LogP contribution is 2.24. The van der Waals surface area contributed by atoms with Gasteiger partial charge in [0.25, 0.3) is 0 Å². The van der Waals surface area contributed by atoms with E-state index in [0.717, 1.165) is 31.7 Å². The molecule has 1 fully saturated rings. The number of aromatic nitrogens is 4. The van der Waals surface area contributed by atoms with Crippen molar-refractivity contribution in [2.24, 2.45) is 0 Å². The molecular weight excluding hydrogens is 394 g/mol. The molecule has 146 valence electrons. The van der Waals surface area contributed by atoms with E-state index in [9.17, 15) is 4.79 Å². The van der Waals surface area contributed by atoms with E-state index in [2.05, 4.69) is 42.2 Å². The normalized spacial score (nSPS) is 19.6. The number of thioether (sulfide) groups is 1. The Hall–Kier alpha value is -2.30. The Morgan fingerprint density at radius 1 is 1.25 bits per heavy atom. The number of aryl methyl sites for hydroxylation is 3. The molecule has 0 spiro atoms. The summed E-state index contributed by atoms with van der Waals surface area (Å²) in [7, 11) is 0. The fourth-order valence-electron chi connectivity index (χ4n) is 3.06. The molecule has 3 heterocycles. The smallest absolute Gasteiger partial charge is 0.226 e. The zero-order valence-electron chi connectivity index (χ0n) is 15.8. The van der Waals surface area contributed by atoms with E-state index in [4.69, 9.17) is 0 Å². The van der Waals surface area contributed by atoms with Gasteiger partial charge in [0.1, 0.15) is 5.01 Å². The number of carbonyl (C=O) groups is 1. The summed E-state index contributed by atoms with van der Waals surface area (Å²) in [5.41, 5.74) is 2.95. The SMILES string of the molecule is Cc1ccc2nc(NC3NC(=O)CC(CSc4nnc(C)s4)N3)nc(C)c2c1. The molecule has 2 aromatic heterocycles. The van der Waals surface area contributed by atoms with E-state index in [1.165, 1.54) is 5.56 Å². The highest BCUT2D eigenvalue weighted by atomic mass is 32.2. The lowest BCUT2D eigenvalue weighted by atomic mass is 10.1. The molecule has 1 aliphatic rings. The predicted molar refractivity (Wildman–Crippen MR) is 111 cm³/mol. The van der Waals surface area contributed by atoms with Gasteiger partial charge in [0.2, 0.25) is 11.9 Å². The molecule has 3 aromatic rings. The maximum Gasteiger partial charge on any atom is 0.226 e. The Balaban J connectivity index is 1.44. The van der Waals surface area contributed by atoms with Gasteiger partial charge in [-0.3, -0.25) is 10.1 Å². The number of benzene rings is 1. The van der Waals surface area contributed by atoms with Gasteiger partial charge in [0.05, 0.1) is 11.2 Å². The van der Waals surface area contributed by atoms with Crippen molar-refractivity contribution in [3.8, 4) is 0 Å². The van der Waals surface area contributed by atoms with Gasteiger partial charge >= 0.3 is 0 Å². The van der Waals surface area contributed by atoms with Gasteiger partial charge < -0.3 is 10.6 Å². The monoisotopic (exact) mass is 415 g/mol. The number of fused-ring (bicyclic) bond motifs is 1. The van der Waals surface area contributed by atoms with Crippen LogP contribution in [0, 0.1) is 20.8 Å². The first-order chi connectivity index (χ1) is 13.5. The van der Waals surface area contributed by atoms with E-state index in [0.29, 0.717) is 12.4 Å². The third-order valence-electron chi connectivity index (χ3n) is 4.37. The number of carbonyl (C=O) groups excluding carboxylic acids is 1. The molecule has 1 saturated heterocycles. The molecule has 0 aliphatic carbocycles. The summed E-state index contributed by atoms with van der Waals surface area (Å²) in [6.07, 6.45) is -0.00913. The average molecular weight is 416 g/mol. The highest BCUT2D eigenvalue weighted by molar-refractivity contribution is 8.01. The number of rotatable bonds is 5. The zero-order valence-corrected chi connectivity index (χ0v) is 17.4. The van der Waals surface area contributed by atoms with E-state index < -0.39 is 6.29 Å². The number of hydrogen-bond acceptors (Lipinski definition) is 9. The zero-order chi connectivity index (χ0) is 19.7. The number of anilines is 1. The Labute approximate surface area is 171 Å². The first-order valence-corrected chi connectivity index (χ1v) is 10.8. The molecule has 10 heteroatoms. The average Bonchev–Trinajstić information content (AvgIpc) is 3.06. The van der Waals surface area contributed by atoms with Gasteiger partial charge in [0.15, 0.2) is 10.6 Å². The fourth-order valence-corrected chi connectivity index (χ4v) is 4.94. The minimum atomic E-state index is -0.426. The molecule has 2 unspecified atom stereocenters. The van der Waals surface area contributed by atoms with Gasteiger partial charge in [-0.25, -0.2) is 9.97 Å². The van der Waals surface area contributed by atoms with Crippen LogP contribution in [0.4, 0.5) is 5.95 Å². The van der Waals surface area contributed by atoms with Crippen molar-refractivity contribution in [3.05, 3.63) is 34.5 Å². The third kappa shape index (κ3) is 4.40. The third-order valence-corrected chi connectivity index (χ3v) is 6.50. The molecule has 28 heavy (non-hydrogen) atoms. The van der Waals surface area contributed by atoms with Gasteiger partial charge in [-0.15, -0.1) is 10.2 Å². The summed E-state index contributed by atoms with van der Waals surface area (Å²) >= 11 is 3.17. The number of nitrogens with zero attached hydrogens (tertiary/aromatic N) is 4. The second-order valence-electron chi connectivity index (χ2n) is 6.76. The lowest BCUT2D eigenvalue weighted by molar-refractivity contribution is -0.123. The van der Waals surface area contributed by atoms with Crippen molar-refractivity contribution >= 4 is 45.9 Å². The van der Waals surface area contributed by atoms with Crippen LogP contribution in [0.5, 0.6) is 0 Å². The number of nitrogens with one attached hydrogen (secondary N) is 3. The molecule has 2 atom stereocenters. The van der Waals surface area contributed by atoms with Crippen molar-refractivity contribution in [1.82, 2.24) is 30.8 Å². The van der Waals surface area contributed by atoms with Crippen LogP contribution in [0.3, 0.4) is 0 Å². The van der Waals surface area contributed by atoms with Gasteiger partial charge in [-0.1, -0.05) is 34.7 Å². The standard InChI is InChI=1S/C18H21N7OS2/c1-9-4-5-14-13(6-9)10(2)19-16(21-14)23-17-20-12(7-15(26)22-17)8-27-18-25-24-11(3)28-18/h4-6,12,17,20H,7-8H2,1-3H3,(H,22,26)(H,19,21,23). The van der Waals surface area contributed by atoms with Crippen LogP contribution in [0.25, 0.3) is 10.9 Å². The number of amides is 1. The summed E-state index contributed by atoms with van der Waals surface area (Å²) in [6.45, 7) is 5.94. The van der Waals surface area contributed by atoms with Crippen LogP contribution < -0.4 is 16.0 Å². The predicted octanol–water partition coefficient (Wildman–Crippen LogP) is 2.37. The highest BCUT2D eigenvalue weighted by Gasteiger charge is 2.26. The number of hydrogen-bond donors (Lipinski definition) is 3. The molecule has 1 aliphatic heterocycles. The second-order valence-corrected chi connectivity index (χ2v) is 9.21. The Bertz CT molecular complexity index is 1020. The Morgan fingerprint density at radius 3 is 2.89 bits per heavy atom. The van der Waals surface area contributed by atoms with E-state index in [1.807, 2.05) is 32.9 Å². The van der Waals surface area contributed by atoms with Crippen LogP contribution in [0.1, 0.15) is 22.7 Å². The molecule has 1 aromatic carbocycles. The molecule has 1 amide bonds. The van der Waals surface area contributed by atoms with Gasteiger partial charge in [0, 0.05) is 23.6 Å². The van der Waals surface area contributed by atoms with Crippen molar-refractivity contribution in [2.45, 2.75) is 43.9 Å².